The van der Waals surface area contributed by atoms with E-state index in [1.165, 1.54) is 12.1 Å². The van der Waals surface area contributed by atoms with Crippen molar-refractivity contribution >= 4 is 18.3 Å². The van der Waals surface area contributed by atoms with Gasteiger partial charge in [-0.3, -0.25) is 4.79 Å². The molecule has 1 aliphatic heterocycles. The first-order chi connectivity index (χ1) is 9.72. The van der Waals surface area contributed by atoms with Crippen molar-refractivity contribution in [2.45, 2.75) is 19.8 Å². The molecule has 0 radical (unpaired) electrons. The van der Waals surface area contributed by atoms with E-state index in [0.29, 0.717) is 19.1 Å². The van der Waals surface area contributed by atoms with Crippen LogP contribution in [0.3, 0.4) is 0 Å². The van der Waals surface area contributed by atoms with Crippen LogP contribution in [-0.2, 0) is 0 Å². The van der Waals surface area contributed by atoms with Gasteiger partial charge in [-0.1, -0.05) is 6.07 Å². The molecule has 1 saturated heterocycles. The molecule has 21 heavy (non-hydrogen) atoms. The number of nitrogens with one attached hydrogen (secondary N) is 2. The van der Waals surface area contributed by atoms with E-state index in [9.17, 15) is 9.18 Å². The van der Waals surface area contributed by atoms with Gasteiger partial charge in [0.25, 0.3) is 5.91 Å². The lowest BCUT2D eigenvalue weighted by Gasteiger charge is -2.12. The van der Waals surface area contributed by atoms with Crippen molar-refractivity contribution in [3.63, 3.8) is 0 Å². The van der Waals surface area contributed by atoms with Crippen LogP contribution in [0.15, 0.2) is 18.2 Å². The first-order valence-corrected chi connectivity index (χ1v) is 7.12. The lowest BCUT2D eigenvalue weighted by molar-refractivity contribution is 0.0947. The van der Waals surface area contributed by atoms with Crippen LogP contribution >= 0.6 is 12.4 Å². The van der Waals surface area contributed by atoms with E-state index in [2.05, 4.69) is 10.6 Å². The van der Waals surface area contributed by atoms with E-state index in [4.69, 9.17) is 4.74 Å². The Morgan fingerprint density at radius 1 is 1.52 bits per heavy atom. The molecule has 1 atom stereocenters. The summed E-state index contributed by atoms with van der Waals surface area (Å²) in [6.07, 6.45) is 2.10. The third-order valence-corrected chi connectivity index (χ3v) is 3.50. The Balaban J connectivity index is 0.00000220. The largest absolute Gasteiger partial charge is 0.490 e. The van der Waals surface area contributed by atoms with Gasteiger partial charge in [0.2, 0.25) is 0 Å². The molecule has 1 fully saturated rings. The fourth-order valence-electron chi connectivity index (χ4n) is 2.42. The SMILES string of the molecule is CCOc1c(F)cccc1C(=O)NCCC1CCNC1.Cl. The van der Waals surface area contributed by atoms with E-state index in [1.54, 1.807) is 13.0 Å². The van der Waals surface area contributed by atoms with Gasteiger partial charge in [0, 0.05) is 6.54 Å². The summed E-state index contributed by atoms with van der Waals surface area (Å²) in [5.41, 5.74) is 0.261. The van der Waals surface area contributed by atoms with Gasteiger partial charge >= 0.3 is 0 Å². The molecule has 1 unspecified atom stereocenters. The molecule has 6 heteroatoms. The normalized spacial score (nSPS) is 17.1. The average Bonchev–Trinajstić information content (AvgIpc) is 2.94. The van der Waals surface area contributed by atoms with Gasteiger partial charge in [-0.05, 0) is 50.9 Å². The second-order valence-electron chi connectivity index (χ2n) is 4.95. The molecule has 0 spiro atoms. The highest BCUT2D eigenvalue weighted by molar-refractivity contribution is 5.96. The van der Waals surface area contributed by atoms with Gasteiger partial charge < -0.3 is 15.4 Å². The van der Waals surface area contributed by atoms with Gasteiger partial charge in [0.05, 0.1) is 12.2 Å². The van der Waals surface area contributed by atoms with Crippen LogP contribution in [0.1, 0.15) is 30.1 Å². The molecule has 1 heterocycles. The van der Waals surface area contributed by atoms with E-state index in [-0.39, 0.29) is 29.6 Å². The standard InChI is InChI=1S/C15H21FN2O2.ClH/c1-2-20-14-12(4-3-5-13(14)16)15(19)18-9-7-11-6-8-17-10-11;/h3-5,11,17H,2,6-10H2,1H3,(H,18,19);1H. The monoisotopic (exact) mass is 316 g/mol. The van der Waals surface area contributed by atoms with E-state index in [1.807, 2.05) is 0 Å². The number of benzene rings is 1. The smallest absolute Gasteiger partial charge is 0.255 e. The minimum Gasteiger partial charge on any atom is -0.490 e. The van der Waals surface area contributed by atoms with E-state index >= 15 is 0 Å². The van der Waals surface area contributed by atoms with Crippen molar-refractivity contribution in [2.75, 3.05) is 26.2 Å². The number of carbonyl (C=O) groups excluding carboxylic acids is 1. The average molecular weight is 317 g/mol. The Bertz CT molecular complexity index is 465. The summed E-state index contributed by atoms with van der Waals surface area (Å²) in [5.74, 6) is -0.123. The Morgan fingerprint density at radius 2 is 2.33 bits per heavy atom. The van der Waals surface area contributed by atoms with E-state index < -0.39 is 5.82 Å². The molecular weight excluding hydrogens is 295 g/mol. The van der Waals surface area contributed by atoms with Gasteiger partial charge in [0.15, 0.2) is 11.6 Å². The van der Waals surface area contributed by atoms with Crippen LogP contribution < -0.4 is 15.4 Å². The number of hydrogen-bond donors (Lipinski definition) is 2. The highest BCUT2D eigenvalue weighted by Crippen LogP contribution is 2.22. The maximum absolute atomic E-state index is 13.7. The fourth-order valence-corrected chi connectivity index (χ4v) is 2.42. The summed E-state index contributed by atoms with van der Waals surface area (Å²) in [4.78, 5) is 12.1. The number of para-hydroxylation sites is 1. The quantitative estimate of drug-likeness (QED) is 0.847. The van der Waals surface area contributed by atoms with Crippen LogP contribution in [0.4, 0.5) is 4.39 Å². The molecule has 0 aliphatic carbocycles. The predicted molar refractivity (Wildman–Crippen MR) is 82.7 cm³/mol. The zero-order valence-corrected chi connectivity index (χ0v) is 13.0. The molecule has 1 aromatic rings. The topological polar surface area (TPSA) is 50.4 Å². The Kier molecular flexibility index (Phi) is 7.47. The summed E-state index contributed by atoms with van der Waals surface area (Å²) < 4.78 is 18.9. The van der Waals surface area contributed by atoms with Crippen molar-refractivity contribution in [3.8, 4) is 5.75 Å². The summed E-state index contributed by atoms with van der Waals surface area (Å²) >= 11 is 0. The van der Waals surface area contributed by atoms with Gasteiger partial charge in [-0.25, -0.2) is 4.39 Å². The number of carbonyl (C=O) groups is 1. The van der Waals surface area contributed by atoms with Crippen molar-refractivity contribution in [1.29, 1.82) is 0 Å². The molecule has 1 aromatic carbocycles. The molecule has 2 rings (SSSR count). The van der Waals surface area contributed by atoms with Crippen LogP contribution in [0.5, 0.6) is 5.75 Å². The fraction of sp³-hybridized carbons (Fsp3) is 0.533. The first kappa shape index (κ1) is 17.7. The number of ether oxygens (including phenoxy) is 1. The maximum atomic E-state index is 13.7. The summed E-state index contributed by atoms with van der Waals surface area (Å²) in [6.45, 7) is 4.76. The molecular formula is C15H22ClFN2O2. The molecule has 2 N–H and O–H groups in total. The van der Waals surface area contributed by atoms with Crippen LogP contribution in [0.2, 0.25) is 0 Å². The molecule has 0 bridgehead atoms. The lowest BCUT2D eigenvalue weighted by Crippen LogP contribution is -2.27. The summed E-state index contributed by atoms with van der Waals surface area (Å²) in [6, 6.07) is 4.40. The van der Waals surface area contributed by atoms with Crippen molar-refractivity contribution in [2.24, 2.45) is 5.92 Å². The van der Waals surface area contributed by atoms with Gasteiger partial charge in [-0.2, -0.15) is 0 Å². The van der Waals surface area contributed by atoms with Gasteiger partial charge in [0.1, 0.15) is 0 Å². The van der Waals surface area contributed by atoms with Gasteiger partial charge in [-0.15, -0.1) is 12.4 Å². The van der Waals surface area contributed by atoms with Crippen LogP contribution in [0, 0.1) is 11.7 Å². The molecule has 0 saturated carbocycles. The molecule has 1 aliphatic rings. The second-order valence-corrected chi connectivity index (χ2v) is 4.95. The zero-order chi connectivity index (χ0) is 14.4. The Morgan fingerprint density at radius 3 is 3.00 bits per heavy atom. The lowest BCUT2D eigenvalue weighted by atomic mass is 10.1. The maximum Gasteiger partial charge on any atom is 0.255 e. The Labute approximate surface area is 130 Å². The number of hydrogen-bond acceptors (Lipinski definition) is 3. The molecule has 4 nitrogen and oxygen atoms in total. The highest BCUT2D eigenvalue weighted by Gasteiger charge is 2.17. The third kappa shape index (κ3) is 4.86. The number of rotatable bonds is 6. The zero-order valence-electron chi connectivity index (χ0n) is 12.2. The summed E-state index contributed by atoms with van der Waals surface area (Å²) in [7, 11) is 0. The number of amides is 1. The predicted octanol–water partition coefficient (Wildman–Crippen LogP) is 2.38. The van der Waals surface area contributed by atoms with Crippen molar-refractivity contribution in [3.05, 3.63) is 29.6 Å². The molecule has 1 amide bonds. The first-order valence-electron chi connectivity index (χ1n) is 7.12. The molecule has 118 valence electrons. The Hall–Kier alpha value is -1.33. The van der Waals surface area contributed by atoms with E-state index in [0.717, 1.165) is 25.9 Å². The number of halogens is 2. The molecule has 0 aromatic heterocycles. The minimum atomic E-state index is -0.500. The third-order valence-electron chi connectivity index (χ3n) is 3.50. The van der Waals surface area contributed by atoms with Crippen LogP contribution in [0.25, 0.3) is 0 Å². The second kappa shape index (κ2) is 8.85. The minimum absolute atomic E-state index is 0. The van der Waals surface area contributed by atoms with Crippen molar-refractivity contribution in [1.82, 2.24) is 10.6 Å². The van der Waals surface area contributed by atoms with Crippen molar-refractivity contribution < 1.29 is 13.9 Å². The summed E-state index contributed by atoms with van der Waals surface area (Å²) in [5, 5.41) is 6.13. The highest BCUT2D eigenvalue weighted by atomic mass is 35.5. The van der Waals surface area contributed by atoms with Crippen LogP contribution in [-0.4, -0.2) is 32.1 Å².